The summed E-state index contributed by atoms with van der Waals surface area (Å²) in [4.78, 5) is 0.280. The van der Waals surface area contributed by atoms with E-state index in [1.165, 1.54) is 6.42 Å². The molecule has 4 nitrogen and oxygen atoms in total. The third-order valence-electron chi connectivity index (χ3n) is 4.10. The van der Waals surface area contributed by atoms with Gasteiger partial charge < -0.3 is 5.73 Å². The molecule has 3 N–H and O–H groups in total. The first-order valence-corrected chi connectivity index (χ1v) is 9.71. The van der Waals surface area contributed by atoms with Crippen LogP contribution in [-0.2, 0) is 16.6 Å². The Morgan fingerprint density at radius 2 is 2.05 bits per heavy atom. The van der Waals surface area contributed by atoms with Crippen molar-refractivity contribution in [2.24, 2.45) is 11.7 Å². The lowest BCUT2D eigenvalue weighted by atomic mass is 10.0. The van der Waals surface area contributed by atoms with E-state index in [0.29, 0.717) is 16.9 Å². The molecule has 1 aromatic rings. The quantitative estimate of drug-likeness (QED) is 0.794. The maximum atomic E-state index is 12.6. The Morgan fingerprint density at radius 3 is 2.76 bits per heavy atom. The molecule has 0 amide bonds. The van der Waals surface area contributed by atoms with E-state index < -0.39 is 10.0 Å². The second-order valence-corrected chi connectivity index (χ2v) is 8.44. The molecule has 1 saturated carbocycles. The molecule has 2 atom stereocenters. The summed E-state index contributed by atoms with van der Waals surface area (Å²) >= 11 is 3.33. The van der Waals surface area contributed by atoms with E-state index >= 15 is 0 Å². The highest BCUT2D eigenvalue weighted by Crippen LogP contribution is 2.26. The second kappa shape index (κ2) is 7.22. The summed E-state index contributed by atoms with van der Waals surface area (Å²) in [7, 11) is -3.51. The summed E-state index contributed by atoms with van der Waals surface area (Å²) in [5.41, 5.74) is 6.41. The molecule has 21 heavy (non-hydrogen) atoms. The van der Waals surface area contributed by atoms with Crippen LogP contribution >= 0.6 is 15.9 Å². The summed E-state index contributed by atoms with van der Waals surface area (Å²) in [6.07, 6.45) is 5.17. The van der Waals surface area contributed by atoms with Gasteiger partial charge in [-0.15, -0.1) is 0 Å². The fourth-order valence-corrected chi connectivity index (χ4v) is 5.09. The average Bonchev–Trinajstić information content (AvgIpc) is 2.63. The molecule has 1 aliphatic rings. The molecule has 1 aliphatic carbocycles. The normalized spacial score (nSPS) is 23.8. The highest BCUT2D eigenvalue weighted by Gasteiger charge is 2.24. The number of nitrogens with one attached hydrogen (secondary N) is 1. The Kier molecular flexibility index (Phi) is 5.82. The van der Waals surface area contributed by atoms with Crippen molar-refractivity contribution >= 4 is 26.0 Å². The number of hydrogen-bond donors (Lipinski definition) is 2. The van der Waals surface area contributed by atoms with Crippen LogP contribution in [0.25, 0.3) is 0 Å². The van der Waals surface area contributed by atoms with Gasteiger partial charge in [0.25, 0.3) is 0 Å². The van der Waals surface area contributed by atoms with Crippen molar-refractivity contribution in [3.8, 4) is 0 Å². The average molecular weight is 375 g/mol. The first kappa shape index (κ1) is 16.9. The minimum atomic E-state index is -3.51. The third kappa shape index (κ3) is 4.52. The maximum Gasteiger partial charge on any atom is 0.241 e. The molecule has 0 aliphatic heterocycles. The molecule has 0 aromatic heterocycles. The number of nitrogens with two attached hydrogens (primary N) is 1. The molecular weight excluding hydrogens is 352 g/mol. The molecule has 0 radical (unpaired) electrons. The molecule has 0 heterocycles. The Bertz CT molecular complexity index is 589. The summed E-state index contributed by atoms with van der Waals surface area (Å²) in [5.74, 6) is 0.687. The summed E-state index contributed by atoms with van der Waals surface area (Å²) in [6, 6.07) is 5.25. The summed E-state index contributed by atoms with van der Waals surface area (Å²) in [6.45, 7) is 2.56. The largest absolute Gasteiger partial charge is 0.326 e. The van der Waals surface area contributed by atoms with Crippen molar-refractivity contribution in [1.82, 2.24) is 4.72 Å². The lowest BCUT2D eigenvalue weighted by Crippen LogP contribution is -2.34. The van der Waals surface area contributed by atoms with Crippen molar-refractivity contribution in [3.05, 3.63) is 28.2 Å². The van der Waals surface area contributed by atoms with Crippen molar-refractivity contribution in [1.29, 1.82) is 0 Å². The van der Waals surface area contributed by atoms with Gasteiger partial charge in [0.1, 0.15) is 0 Å². The molecule has 0 spiro atoms. The summed E-state index contributed by atoms with van der Waals surface area (Å²) < 4.78 is 28.6. The van der Waals surface area contributed by atoms with E-state index in [4.69, 9.17) is 5.73 Å². The molecule has 1 fully saturated rings. The number of hydrogen-bond acceptors (Lipinski definition) is 3. The van der Waals surface area contributed by atoms with Crippen molar-refractivity contribution in [2.45, 2.75) is 56.5 Å². The van der Waals surface area contributed by atoms with E-state index in [1.807, 2.05) is 6.07 Å². The van der Waals surface area contributed by atoms with Crippen molar-refractivity contribution in [3.63, 3.8) is 0 Å². The first-order chi connectivity index (χ1) is 9.92. The topological polar surface area (TPSA) is 72.2 Å². The SMILES string of the molecule is CC1CCCC(NS(=O)(=O)c2cc(CN)ccc2Br)CC1. The molecule has 1 aromatic carbocycles. The highest BCUT2D eigenvalue weighted by molar-refractivity contribution is 9.10. The lowest BCUT2D eigenvalue weighted by molar-refractivity contribution is 0.484. The molecule has 6 heteroatoms. The molecule has 0 saturated heterocycles. The Labute approximate surface area is 135 Å². The van der Waals surface area contributed by atoms with Crippen LogP contribution in [0.5, 0.6) is 0 Å². The number of halogens is 1. The summed E-state index contributed by atoms with van der Waals surface area (Å²) in [5, 5.41) is 0. The van der Waals surface area contributed by atoms with Gasteiger partial charge in [0.2, 0.25) is 10.0 Å². The van der Waals surface area contributed by atoms with Gasteiger partial charge in [0.05, 0.1) is 4.90 Å². The fraction of sp³-hybridized carbons (Fsp3) is 0.600. The van der Waals surface area contributed by atoms with Crippen LogP contribution in [0, 0.1) is 5.92 Å². The zero-order valence-corrected chi connectivity index (χ0v) is 14.7. The van der Waals surface area contributed by atoms with E-state index in [-0.39, 0.29) is 10.9 Å². The van der Waals surface area contributed by atoms with Crippen LogP contribution in [-0.4, -0.2) is 14.5 Å². The molecule has 0 bridgehead atoms. The van der Waals surface area contributed by atoms with Gasteiger partial charge in [-0.2, -0.15) is 0 Å². The first-order valence-electron chi connectivity index (χ1n) is 7.43. The van der Waals surface area contributed by atoms with Gasteiger partial charge in [-0.3, -0.25) is 0 Å². The third-order valence-corrected chi connectivity index (χ3v) is 6.61. The van der Waals surface area contributed by atoms with Crippen LogP contribution < -0.4 is 10.5 Å². The fourth-order valence-electron chi connectivity index (χ4n) is 2.77. The van der Waals surface area contributed by atoms with Gasteiger partial charge in [-0.05, 0) is 58.8 Å². The van der Waals surface area contributed by atoms with Crippen molar-refractivity contribution < 1.29 is 8.42 Å². The van der Waals surface area contributed by atoms with Crippen LogP contribution in [0.4, 0.5) is 0 Å². The predicted octanol–water partition coefficient (Wildman–Crippen LogP) is 3.15. The predicted molar refractivity (Wildman–Crippen MR) is 88.4 cm³/mol. The standard InChI is InChI=1S/C15H23BrN2O2S/c1-11-3-2-4-13(7-5-11)18-21(19,20)15-9-12(10-17)6-8-14(15)16/h6,8-9,11,13,18H,2-5,7,10,17H2,1H3. The number of benzene rings is 1. The van der Waals surface area contributed by atoms with E-state index in [9.17, 15) is 8.42 Å². The Hall–Kier alpha value is -0.430. The zero-order valence-electron chi connectivity index (χ0n) is 12.3. The lowest BCUT2D eigenvalue weighted by Gasteiger charge is -2.17. The van der Waals surface area contributed by atoms with E-state index in [1.54, 1.807) is 12.1 Å². The van der Waals surface area contributed by atoms with Crippen LogP contribution in [0.3, 0.4) is 0 Å². The second-order valence-electron chi connectivity index (χ2n) is 5.90. The maximum absolute atomic E-state index is 12.6. The Morgan fingerprint density at radius 1 is 1.29 bits per heavy atom. The van der Waals surface area contributed by atoms with Crippen molar-refractivity contribution in [2.75, 3.05) is 0 Å². The molecular formula is C15H23BrN2O2S. The van der Waals surface area contributed by atoms with Crippen LogP contribution in [0.15, 0.2) is 27.6 Å². The minimum Gasteiger partial charge on any atom is -0.326 e. The number of sulfonamides is 1. The molecule has 2 unspecified atom stereocenters. The van der Waals surface area contributed by atoms with Gasteiger partial charge in [0.15, 0.2) is 0 Å². The number of rotatable bonds is 4. The van der Waals surface area contributed by atoms with Gasteiger partial charge in [0, 0.05) is 17.1 Å². The van der Waals surface area contributed by atoms with Gasteiger partial charge >= 0.3 is 0 Å². The van der Waals surface area contributed by atoms with Crippen LogP contribution in [0.1, 0.15) is 44.6 Å². The van der Waals surface area contributed by atoms with Gasteiger partial charge in [-0.25, -0.2) is 13.1 Å². The van der Waals surface area contributed by atoms with Crippen LogP contribution in [0.2, 0.25) is 0 Å². The molecule has 2 rings (SSSR count). The monoisotopic (exact) mass is 374 g/mol. The minimum absolute atomic E-state index is 0.0355. The van der Waals surface area contributed by atoms with E-state index in [0.717, 1.165) is 31.2 Å². The zero-order chi connectivity index (χ0) is 15.5. The Balaban J connectivity index is 2.18. The van der Waals surface area contributed by atoms with Gasteiger partial charge in [-0.1, -0.05) is 25.8 Å². The molecule has 118 valence electrons. The highest BCUT2D eigenvalue weighted by atomic mass is 79.9. The van der Waals surface area contributed by atoms with E-state index in [2.05, 4.69) is 27.6 Å². The smallest absolute Gasteiger partial charge is 0.241 e.